The van der Waals surface area contributed by atoms with Crippen LogP contribution in [-0.4, -0.2) is 0 Å². The minimum Gasteiger partial charge on any atom is -0.105 e. The first-order valence-electron chi connectivity index (χ1n) is 6.44. The van der Waals surface area contributed by atoms with Crippen molar-refractivity contribution >= 4 is 25.3 Å². The molecule has 0 aliphatic carbocycles. The highest BCUT2D eigenvalue weighted by atomic mass is 31.0. The summed E-state index contributed by atoms with van der Waals surface area (Å²) in [7, 11) is 2.78. The molecule has 0 saturated carbocycles. The van der Waals surface area contributed by atoms with Crippen molar-refractivity contribution in [1.29, 1.82) is 0 Å². The van der Waals surface area contributed by atoms with Gasteiger partial charge in [0.2, 0.25) is 0 Å². The first kappa shape index (κ1) is 16.1. The van der Waals surface area contributed by atoms with Crippen LogP contribution in [0.5, 0.6) is 0 Å². The Morgan fingerprint density at radius 2 is 1.41 bits per heavy atom. The van der Waals surface area contributed by atoms with Crippen molar-refractivity contribution in [2.75, 3.05) is 0 Å². The molecule has 0 N–H and O–H groups in total. The molecule has 0 aromatic heterocycles. The molecule has 0 nitrogen and oxygen atoms in total. The van der Waals surface area contributed by atoms with Gasteiger partial charge in [0.25, 0.3) is 0 Å². The lowest BCUT2D eigenvalue weighted by Gasteiger charge is -2.05. The second-order valence-corrected chi connectivity index (χ2v) is 4.13. The van der Waals surface area contributed by atoms with Crippen LogP contribution in [-0.2, 0) is 0 Å². The molecular formula is C16H25P. The lowest BCUT2D eigenvalue weighted by molar-refractivity contribution is 1.50. The maximum atomic E-state index is 2.78. The van der Waals surface area contributed by atoms with E-state index in [0.29, 0.717) is 0 Å². The maximum Gasteiger partial charge on any atom is -0.0148 e. The first-order valence-corrected chi connectivity index (χ1v) is 7.01. The van der Waals surface area contributed by atoms with Gasteiger partial charge in [-0.15, -0.1) is 9.24 Å². The van der Waals surface area contributed by atoms with Crippen LogP contribution in [0.25, 0.3) is 10.8 Å². The van der Waals surface area contributed by atoms with Crippen molar-refractivity contribution in [3.8, 4) is 0 Å². The number of aryl methyl sites for hydroxylation is 2. The molecule has 0 radical (unpaired) electrons. The molecule has 17 heavy (non-hydrogen) atoms. The van der Waals surface area contributed by atoms with Crippen molar-refractivity contribution in [2.24, 2.45) is 0 Å². The van der Waals surface area contributed by atoms with E-state index in [4.69, 9.17) is 0 Å². The van der Waals surface area contributed by atoms with Crippen molar-refractivity contribution in [1.82, 2.24) is 0 Å². The fourth-order valence-corrected chi connectivity index (χ4v) is 1.86. The van der Waals surface area contributed by atoms with E-state index in [2.05, 4.69) is 53.4 Å². The molecule has 2 aromatic carbocycles. The molecule has 94 valence electrons. The molecule has 0 heterocycles. The molecule has 0 amide bonds. The van der Waals surface area contributed by atoms with Gasteiger partial charge in [0.05, 0.1) is 0 Å². The highest BCUT2D eigenvalue weighted by Crippen LogP contribution is 2.19. The summed E-state index contributed by atoms with van der Waals surface area (Å²) in [5, 5.41) is 3.99. The Balaban J connectivity index is 0.000000581. The fraction of sp³-hybridized carbons (Fsp3) is 0.375. The Bertz CT molecular complexity index is 458. The summed E-state index contributed by atoms with van der Waals surface area (Å²) in [5.74, 6) is 0. The molecule has 0 aliphatic rings. The molecule has 2 aromatic rings. The normalized spacial score (nSPS) is 8.88. The van der Waals surface area contributed by atoms with Crippen LogP contribution in [0.15, 0.2) is 30.3 Å². The molecule has 0 aliphatic heterocycles. The van der Waals surface area contributed by atoms with Gasteiger partial charge < -0.3 is 0 Å². The van der Waals surface area contributed by atoms with Gasteiger partial charge in [-0.05, 0) is 47.1 Å². The fourth-order valence-electron chi connectivity index (χ4n) is 1.61. The van der Waals surface area contributed by atoms with Gasteiger partial charge in [0.1, 0.15) is 0 Å². The molecule has 0 spiro atoms. The smallest absolute Gasteiger partial charge is 0.0148 e. The largest absolute Gasteiger partial charge is 0.105 e. The van der Waals surface area contributed by atoms with Crippen LogP contribution >= 0.6 is 9.24 Å². The summed E-state index contributed by atoms with van der Waals surface area (Å²) in [4.78, 5) is 0. The molecule has 0 fully saturated rings. The Morgan fingerprint density at radius 1 is 0.824 bits per heavy atom. The zero-order valence-corrected chi connectivity index (χ0v) is 13.1. The summed E-state index contributed by atoms with van der Waals surface area (Å²) in [6.07, 6.45) is 0. The summed E-state index contributed by atoms with van der Waals surface area (Å²) in [5.41, 5.74) is 2.68. The van der Waals surface area contributed by atoms with E-state index in [9.17, 15) is 0 Å². The third-order valence-corrected chi connectivity index (χ3v) is 3.11. The Morgan fingerprint density at radius 3 is 2.00 bits per heavy atom. The standard InChI is InChI=1S/C12H13P.2C2H6/c1-8-4-3-5-10-6-9(2)12(13)7-11(8)10;2*1-2/h3-7H,13H2,1-2H3;2*1-2H3. The van der Waals surface area contributed by atoms with E-state index in [1.165, 1.54) is 27.2 Å². The molecule has 2 rings (SSSR count). The van der Waals surface area contributed by atoms with Crippen LogP contribution in [0, 0.1) is 13.8 Å². The monoisotopic (exact) mass is 248 g/mol. The average molecular weight is 248 g/mol. The van der Waals surface area contributed by atoms with Crippen molar-refractivity contribution in [3.05, 3.63) is 41.5 Å². The first-order chi connectivity index (χ1) is 8.18. The van der Waals surface area contributed by atoms with E-state index in [1.807, 2.05) is 27.7 Å². The van der Waals surface area contributed by atoms with Crippen molar-refractivity contribution in [3.63, 3.8) is 0 Å². The van der Waals surface area contributed by atoms with Gasteiger partial charge in [-0.2, -0.15) is 0 Å². The molecule has 0 saturated heterocycles. The minimum atomic E-state index is 1.29. The summed E-state index contributed by atoms with van der Waals surface area (Å²) < 4.78 is 0. The summed E-state index contributed by atoms with van der Waals surface area (Å²) in [6, 6.07) is 10.9. The number of rotatable bonds is 0. The van der Waals surface area contributed by atoms with Gasteiger partial charge >= 0.3 is 0 Å². The number of hydrogen-bond acceptors (Lipinski definition) is 0. The van der Waals surface area contributed by atoms with E-state index in [-0.39, 0.29) is 0 Å². The SMILES string of the molecule is CC.CC.Cc1cc2cccc(C)c2cc1P. The van der Waals surface area contributed by atoms with Crippen molar-refractivity contribution in [2.45, 2.75) is 41.5 Å². The lowest BCUT2D eigenvalue weighted by Crippen LogP contribution is -1.96. The predicted molar refractivity (Wildman–Crippen MR) is 85.5 cm³/mol. The van der Waals surface area contributed by atoms with Gasteiger partial charge in [-0.3, -0.25) is 0 Å². The third-order valence-electron chi connectivity index (χ3n) is 2.49. The van der Waals surface area contributed by atoms with Gasteiger partial charge in [0.15, 0.2) is 0 Å². The van der Waals surface area contributed by atoms with Crippen LogP contribution in [0.3, 0.4) is 0 Å². The van der Waals surface area contributed by atoms with Crippen LogP contribution in [0.2, 0.25) is 0 Å². The van der Waals surface area contributed by atoms with E-state index >= 15 is 0 Å². The highest BCUT2D eigenvalue weighted by Gasteiger charge is 1.99. The second kappa shape index (κ2) is 8.25. The summed E-state index contributed by atoms with van der Waals surface area (Å²) >= 11 is 0. The minimum absolute atomic E-state index is 1.29. The van der Waals surface area contributed by atoms with Crippen LogP contribution in [0.1, 0.15) is 38.8 Å². The Kier molecular flexibility index (Phi) is 7.83. The van der Waals surface area contributed by atoms with Gasteiger partial charge in [-0.25, -0.2) is 0 Å². The van der Waals surface area contributed by atoms with Gasteiger partial charge in [0, 0.05) is 0 Å². The second-order valence-electron chi connectivity index (χ2n) is 3.50. The number of benzene rings is 2. The zero-order valence-electron chi connectivity index (χ0n) is 12.0. The number of fused-ring (bicyclic) bond motifs is 1. The van der Waals surface area contributed by atoms with E-state index in [1.54, 1.807) is 0 Å². The maximum absolute atomic E-state index is 2.78. The predicted octanol–water partition coefficient (Wildman–Crippen LogP) is 5.01. The third kappa shape index (κ3) is 4.13. The molecule has 1 unspecified atom stereocenters. The Hall–Kier alpha value is -0.870. The zero-order chi connectivity index (χ0) is 13.4. The lowest BCUT2D eigenvalue weighted by atomic mass is 10.0. The van der Waals surface area contributed by atoms with Crippen LogP contribution in [0.4, 0.5) is 0 Å². The highest BCUT2D eigenvalue weighted by molar-refractivity contribution is 7.27. The number of hydrogen-bond donors (Lipinski definition) is 0. The molecule has 1 atom stereocenters. The van der Waals surface area contributed by atoms with Gasteiger partial charge in [-0.1, -0.05) is 52.0 Å². The quantitative estimate of drug-likeness (QED) is 0.575. The van der Waals surface area contributed by atoms with Crippen molar-refractivity contribution < 1.29 is 0 Å². The molecule has 0 bridgehead atoms. The van der Waals surface area contributed by atoms with E-state index in [0.717, 1.165) is 0 Å². The van der Waals surface area contributed by atoms with E-state index < -0.39 is 0 Å². The average Bonchev–Trinajstić information content (AvgIpc) is 2.37. The summed E-state index contributed by atoms with van der Waals surface area (Å²) in [6.45, 7) is 12.3. The van der Waals surface area contributed by atoms with Crippen LogP contribution < -0.4 is 5.30 Å². The topological polar surface area (TPSA) is 0 Å². The molecule has 1 heteroatoms. The molecular weight excluding hydrogens is 223 g/mol. The Labute approximate surface area is 109 Å².